The van der Waals surface area contributed by atoms with Gasteiger partial charge >= 0.3 is 0 Å². The third-order valence-electron chi connectivity index (χ3n) is 2.61. The highest BCUT2D eigenvalue weighted by Gasteiger charge is 2.06. The Morgan fingerprint density at radius 3 is 2.80 bits per heavy atom. The fraction of sp³-hybridized carbons (Fsp3) is 0.143. The molecule has 3 N–H and O–H groups in total. The summed E-state index contributed by atoms with van der Waals surface area (Å²) < 4.78 is 10.6. The molecule has 0 spiro atoms. The van der Waals surface area contributed by atoms with Crippen molar-refractivity contribution in [2.45, 2.75) is 6.61 Å². The number of rotatable bonds is 5. The molecule has 2 rings (SSSR count). The number of halogens is 1. The third kappa shape index (κ3) is 3.39. The van der Waals surface area contributed by atoms with Gasteiger partial charge in [0, 0.05) is 11.6 Å². The standard InChI is InChI=1S/C14H14ClN3O2/c1-19-13-4-2-3-10(18-13)8-20-12-6-5-9(14(16)17)7-11(12)15/h2-7H,8H2,1H3,(H3,16,17). The number of nitrogens with two attached hydrogens (primary N) is 1. The number of methoxy groups -OCH3 is 1. The molecule has 1 aromatic carbocycles. The molecule has 5 nitrogen and oxygen atoms in total. The minimum Gasteiger partial charge on any atom is -0.486 e. The van der Waals surface area contributed by atoms with Crippen LogP contribution >= 0.6 is 11.6 Å². The second kappa shape index (κ2) is 6.25. The summed E-state index contributed by atoms with van der Waals surface area (Å²) in [5.74, 6) is 1.01. The van der Waals surface area contributed by atoms with Crippen molar-refractivity contribution in [3.8, 4) is 11.6 Å². The van der Waals surface area contributed by atoms with Crippen LogP contribution in [0, 0.1) is 5.41 Å². The summed E-state index contributed by atoms with van der Waals surface area (Å²) in [4.78, 5) is 4.24. The first kappa shape index (κ1) is 14.1. The van der Waals surface area contributed by atoms with Gasteiger partial charge in [0.05, 0.1) is 17.8 Å². The number of nitrogens with one attached hydrogen (secondary N) is 1. The normalized spacial score (nSPS) is 10.1. The third-order valence-corrected chi connectivity index (χ3v) is 2.90. The molecule has 0 aliphatic carbocycles. The van der Waals surface area contributed by atoms with E-state index in [2.05, 4.69) is 4.98 Å². The Kier molecular flexibility index (Phi) is 4.42. The minimum atomic E-state index is -0.0343. The lowest BCUT2D eigenvalue weighted by atomic mass is 10.2. The zero-order chi connectivity index (χ0) is 14.5. The zero-order valence-corrected chi connectivity index (χ0v) is 11.6. The summed E-state index contributed by atoms with van der Waals surface area (Å²) in [6.07, 6.45) is 0. The van der Waals surface area contributed by atoms with Crippen LogP contribution in [0.25, 0.3) is 0 Å². The van der Waals surface area contributed by atoms with E-state index < -0.39 is 0 Å². The lowest BCUT2D eigenvalue weighted by molar-refractivity contribution is 0.298. The molecular formula is C14H14ClN3O2. The Morgan fingerprint density at radius 1 is 1.35 bits per heavy atom. The average Bonchev–Trinajstić information content (AvgIpc) is 2.46. The lowest BCUT2D eigenvalue weighted by Crippen LogP contribution is -2.10. The Bertz CT molecular complexity index is 632. The van der Waals surface area contributed by atoms with Crippen molar-refractivity contribution in [1.29, 1.82) is 5.41 Å². The molecule has 1 aromatic heterocycles. The van der Waals surface area contributed by atoms with E-state index in [4.69, 9.17) is 32.2 Å². The molecule has 0 aliphatic heterocycles. The van der Waals surface area contributed by atoms with Crippen LogP contribution in [0.1, 0.15) is 11.3 Å². The highest BCUT2D eigenvalue weighted by atomic mass is 35.5. The number of hydrogen-bond acceptors (Lipinski definition) is 4. The Morgan fingerprint density at radius 2 is 2.15 bits per heavy atom. The van der Waals surface area contributed by atoms with Crippen molar-refractivity contribution in [2.24, 2.45) is 5.73 Å². The summed E-state index contributed by atoms with van der Waals surface area (Å²) in [7, 11) is 1.56. The molecule has 0 saturated heterocycles. The summed E-state index contributed by atoms with van der Waals surface area (Å²) in [6, 6.07) is 10.4. The molecule has 0 atom stereocenters. The number of ether oxygens (including phenoxy) is 2. The van der Waals surface area contributed by atoms with Gasteiger partial charge in [0.15, 0.2) is 0 Å². The van der Waals surface area contributed by atoms with Crippen LogP contribution in [-0.4, -0.2) is 17.9 Å². The van der Waals surface area contributed by atoms with Crippen molar-refractivity contribution in [3.63, 3.8) is 0 Å². The van der Waals surface area contributed by atoms with Gasteiger partial charge in [-0.15, -0.1) is 0 Å². The van der Waals surface area contributed by atoms with Crippen LogP contribution < -0.4 is 15.2 Å². The summed E-state index contributed by atoms with van der Waals surface area (Å²) in [5, 5.41) is 7.74. The molecule has 0 saturated carbocycles. The van der Waals surface area contributed by atoms with Gasteiger partial charge in [-0.05, 0) is 24.3 Å². The van der Waals surface area contributed by atoms with Crippen LogP contribution in [0.2, 0.25) is 5.02 Å². The van der Waals surface area contributed by atoms with E-state index in [0.29, 0.717) is 22.2 Å². The fourth-order valence-corrected chi connectivity index (χ4v) is 1.82. The van der Waals surface area contributed by atoms with Crippen LogP contribution in [0.4, 0.5) is 0 Å². The molecule has 1 heterocycles. The molecular weight excluding hydrogens is 278 g/mol. The molecule has 0 amide bonds. The number of hydrogen-bond donors (Lipinski definition) is 2. The van der Waals surface area contributed by atoms with Gasteiger partial charge in [0.1, 0.15) is 18.2 Å². The van der Waals surface area contributed by atoms with Crippen molar-refractivity contribution in [2.75, 3.05) is 7.11 Å². The number of aromatic nitrogens is 1. The summed E-state index contributed by atoms with van der Waals surface area (Å²) in [6.45, 7) is 0.274. The van der Waals surface area contributed by atoms with Crippen molar-refractivity contribution >= 4 is 17.4 Å². The molecule has 104 valence electrons. The molecule has 2 aromatic rings. The predicted octanol–water partition coefficient (Wildman–Crippen LogP) is 2.61. The Balaban J connectivity index is 2.08. The number of benzene rings is 1. The number of pyridine rings is 1. The zero-order valence-electron chi connectivity index (χ0n) is 10.9. The second-order valence-corrected chi connectivity index (χ2v) is 4.43. The number of nitrogen functional groups attached to an aromatic ring is 1. The van der Waals surface area contributed by atoms with E-state index in [9.17, 15) is 0 Å². The van der Waals surface area contributed by atoms with E-state index in [1.165, 1.54) is 0 Å². The van der Waals surface area contributed by atoms with Gasteiger partial charge in [-0.3, -0.25) is 5.41 Å². The maximum absolute atomic E-state index is 7.34. The first-order valence-corrected chi connectivity index (χ1v) is 6.24. The van der Waals surface area contributed by atoms with Crippen LogP contribution in [0.3, 0.4) is 0 Å². The first-order valence-electron chi connectivity index (χ1n) is 5.87. The Labute approximate surface area is 121 Å². The SMILES string of the molecule is COc1cccc(COc2ccc(C(=N)N)cc2Cl)n1. The second-order valence-electron chi connectivity index (χ2n) is 4.02. The van der Waals surface area contributed by atoms with Gasteiger partial charge < -0.3 is 15.2 Å². The maximum Gasteiger partial charge on any atom is 0.213 e. The predicted molar refractivity (Wildman–Crippen MR) is 77.6 cm³/mol. The lowest BCUT2D eigenvalue weighted by Gasteiger charge is -2.09. The maximum atomic E-state index is 7.34. The average molecular weight is 292 g/mol. The summed E-state index contributed by atoms with van der Waals surface area (Å²) >= 11 is 6.08. The van der Waals surface area contributed by atoms with Crippen LogP contribution in [-0.2, 0) is 6.61 Å². The molecule has 6 heteroatoms. The summed E-state index contributed by atoms with van der Waals surface area (Å²) in [5.41, 5.74) is 6.68. The van der Waals surface area contributed by atoms with Gasteiger partial charge in [-0.25, -0.2) is 4.98 Å². The van der Waals surface area contributed by atoms with Gasteiger partial charge in [0.25, 0.3) is 0 Å². The Hall–Kier alpha value is -2.27. The van der Waals surface area contributed by atoms with Crippen LogP contribution in [0.15, 0.2) is 36.4 Å². The van der Waals surface area contributed by atoms with Gasteiger partial charge in [-0.2, -0.15) is 0 Å². The smallest absolute Gasteiger partial charge is 0.213 e. The first-order chi connectivity index (χ1) is 9.60. The van der Waals surface area contributed by atoms with E-state index >= 15 is 0 Å². The molecule has 0 radical (unpaired) electrons. The minimum absolute atomic E-state index is 0.0343. The van der Waals surface area contributed by atoms with E-state index in [-0.39, 0.29) is 12.4 Å². The molecule has 0 bridgehead atoms. The largest absolute Gasteiger partial charge is 0.486 e. The molecule has 0 fully saturated rings. The van der Waals surface area contributed by atoms with Crippen molar-refractivity contribution in [1.82, 2.24) is 4.98 Å². The fourth-order valence-electron chi connectivity index (χ4n) is 1.59. The quantitative estimate of drug-likeness (QED) is 0.655. The molecule has 0 aliphatic rings. The number of amidine groups is 1. The highest BCUT2D eigenvalue weighted by Crippen LogP contribution is 2.26. The van der Waals surface area contributed by atoms with E-state index in [0.717, 1.165) is 5.69 Å². The molecule has 0 unspecified atom stereocenters. The van der Waals surface area contributed by atoms with Crippen molar-refractivity contribution in [3.05, 3.63) is 52.7 Å². The molecule has 20 heavy (non-hydrogen) atoms. The van der Waals surface area contributed by atoms with Crippen LogP contribution in [0.5, 0.6) is 11.6 Å². The number of nitrogens with zero attached hydrogens (tertiary/aromatic N) is 1. The van der Waals surface area contributed by atoms with Gasteiger partial charge in [0.2, 0.25) is 5.88 Å². The monoisotopic (exact) mass is 291 g/mol. The van der Waals surface area contributed by atoms with Crippen molar-refractivity contribution < 1.29 is 9.47 Å². The highest BCUT2D eigenvalue weighted by molar-refractivity contribution is 6.32. The topological polar surface area (TPSA) is 81.2 Å². The van der Waals surface area contributed by atoms with E-state index in [1.54, 1.807) is 31.4 Å². The van der Waals surface area contributed by atoms with E-state index in [1.807, 2.05) is 12.1 Å². The van der Waals surface area contributed by atoms with Gasteiger partial charge in [-0.1, -0.05) is 17.7 Å².